The first-order valence-electron chi connectivity index (χ1n) is 22.6. The summed E-state index contributed by atoms with van der Waals surface area (Å²) in [6.45, 7) is 14.2. The number of carbonyl (C=O) groups excluding carboxylic acids is 8. The highest BCUT2D eigenvalue weighted by atomic mass is 16.2. The standard InChI is InChI=1S/C44H80N8O8/c1-13-17-21-25-33-37(53)45-30(6)42(58)50(10)35(27-23-19-15-3)39(55)47-32(8)44(60)52(12)36(28-24-20-16-4)40(56)48-31(7)43(59)51(11)34(26-22-18-14-2)38(54)46-29(5)41(57)49(33)9/h29-36H,13-28H2,1-12H3,(H,45,53)(H,46,54)(H,47,55)(H,48,56)/t29-,30-,31-,32-,33+,34+,35+,36+/m1/s1. The summed E-state index contributed by atoms with van der Waals surface area (Å²) in [5, 5.41) is 11.1. The molecule has 0 spiro atoms. The van der Waals surface area contributed by atoms with Crippen LogP contribution in [-0.4, -0.2) is 143 Å². The summed E-state index contributed by atoms with van der Waals surface area (Å²) in [5.41, 5.74) is 0. The monoisotopic (exact) mass is 849 g/mol. The molecule has 1 fully saturated rings. The predicted octanol–water partition coefficient (Wildman–Crippen LogP) is 3.65. The fourth-order valence-corrected chi connectivity index (χ4v) is 7.67. The molecular weight excluding hydrogens is 769 g/mol. The van der Waals surface area contributed by atoms with Gasteiger partial charge in [0.15, 0.2) is 0 Å². The Bertz CT molecular complexity index is 1220. The van der Waals surface area contributed by atoms with Crippen molar-refractivity contribution >= 4 is 47.3 Å². The third-order valence-electron chi connectivity index (χ3n) is 11.7. The molecule has 1 saturated heterocycles. The molecule has 1 aliphatic heterocycles. The van der Waals surface area contributed by atoms with Crippen LogP contribution >= 0.6 is 0 Å². The maximum absolute atomic E-state index is 14.0. The molecule has 0 aromatic rings. The number of carbonyl (C=O) groups is 8. The third kappa shape index (κ3) is 16.3. The Labute approximate surface area is 360 Å². The summed E-state index contributed by atoms with van der Waals surface area (Å²) in [7, 11) is 5.97. The molecule has 344 valence electrons. The van der Waals surface area contributed by atoms with Crippen LogP contribution in [0.1, 0.15) is 158 Å². The minimum atomic E-state index is -1.07. The molecule has 0 unspecified atom stereocenters. The van der Waals surface area contributed by atoms with E-state index in [1.165, 1.54) is 75.5 Å². The van der Waals surface area contributed by atoms with Crippen molar-refractivity contribution in [3.63, 3.8) is 0 Å². The molecule has 1 heterocycles. The van der Waals surface area contributed by atoms with Crippen LogP contribution in [0.5, 0.6) is 0 Å². The van der Waals surface area contributed by atoms with E-state index in [4.69, 9.17) is 0 Å². The first-order valence-corrected chi connectivity index (χ1v) is 22.6. The van der Waals surface area contributed by atoms with E-state index < -0.39 is 95.6 Å². The summed E-state index contributed by atoms with van der Waals surface area (Å²) in [4.78, 5) is 117. The Balaban J connectivity index is 3.81. The molecule has 0 radical (unpaired) electrons. The lowest BCUT2D eigenvalue weighted by Crippen LogP contribution is -2.60. The molecule has 8 atom stereocenters. The predicted molar refractivity (Wildman–Crippen MR) is 233 cm³/mol. The third-order valence-corrected chi connectivity index (χ3v) is 11.7. The van der Waals surface area contributed by atoms with E-state index in [1.54, 1.807) is 0 Å². The van der Waals surface area contributed by atoms with Gasteiger partial charge in [0.1, 0.15) is 48.3 Å². The molecule has 0 aliphatic carbocycles. The van der Waals surface area contributed by atoms with Crippen molar-refractivity contribution in [2.75, 3.05) is 28.2 Å². The van der Waals surface area contributed by atoms with Crippen molar-refractivity contribution in [3.05, 3.63) is 0 Å². The number of amides is 8. The lowest BCUT2D eigenvalue weighted by atomic mass is 10.0. The number of unbranched alkanes of at least 4 members (excludes halogenated alkanes) is 8. The zero-order valence-electron chi connectivity index (χ0n) is 39.0. The van der Waals surface area contributed by atoms with Crippen LogP contribution < -0.4 is 21.3 Å². The fourth-order valence-electron chi connectivity index (χ4n) is 7.67. The van der Waals surface area contributed by atoms with Gasteiger partial charge in [-0.15, -0.1) is 0 Å². The summed E-state index contributed by atoms with van der Waals surface area (Å²) >= 11 is 0. The second-order valence-electron chi connectivity index (χ2n) is 16.8. The highest BCUT2D eigenvalue weighted by Gasteiger charge is 2.38. The summed E-state index contributed by atoms with van der Waals surface area (Å²) < 4.78 is 0. The molecular formula is C44H80N8O8. The average molecular weight is 849 g/mol. The van der Waals surface area contributed by atoms with Gasteiger partial charge in [-0.25, -0.2) is 0 Å². The van der Waals surface area contributed by atoms with Crippen LogP contribution in [0.15, 0.2) is 0 Å². The minimum Gasteiger partial charge on any atom is -0.343 e. The quantitative estimate of drug-likeness (QED) is 0.169. The molecule has 8 amide bonds. The first-order chi connectivity index (χ1) is 28.3. The van der Waals surface area contributed by atoms with Crippen LogP contribution in [0.2, 0.25) is 0 Å². The van der Waals surface area contributed by atoms with Crippen molar-refractivity contribution < 1.29 is 38.4 Å². The van der Waals surface area contributed by atoms with Gasteiger partial charge in [-0.2, -0.15) is 0 Å². The van der Waals surface area contributed by atoms with Crippen LogP contribution in [0, 0.1) is 0 Å². The normalized spacial score (nSPS) is 26.7. The van der Waals surface area contributed by atoms with Gasteiger partial charge in [0.05, 0.1) is 0 Å². The highest BCUT2D eigenvalue weighted by molar-refractivity contribution is 5.98. The Morgan fingerprint density at radius 3 is 0.650 bits per heavy atom. The van der Waals surface area contributed by atoms with Crippen LogP contribution in [0.25, 0.3) is 0 Å². The van der Waals surface area contributed by atoms with Gasteiger partial charge in [0, 0.05) is 28.2 Å². The van der Waals surface area contributed by atoms with Crippen molar-refractivity contribution in [2.45, 2.75) is 206 Å². The van der Waals surface area contributed by atoms with Gasteiger partial charge < -0.3 is 40.9 Å². The largest absolute Gasteiger partial charge is 0.343 e. The molecule has 60 heavy (non-hydrogen) atoms. The molecule has 16 heteroatoms. The molecule has 0 aromatic heterocycles. The second kappa shape index (κ2) is 27.6. The van der Waals surface area contributed by atoms with Gasteiger partial charge >= 0.3 is 0 Å². The Morgan fingerprint density at radius 2 is 0.500 bits per heavy atom. The van der Waals surface area contributed by atoms with E-state index in [2.05, 4.69) is 21.3 Å². The molecule has 0 bridgehead atoms. The number of nitrogens with one attached hydrogen (secondary N) is 4. The zero-order chi connectivity index (χ0) is 45.7. The lowest BCUT2D eigenvalue weighted by molar-refractivity contribution is -0.147. The topological polar surface area (TPSA) is 198 Å². The molecule has 1 rings (SSSR count). The van der Waals surface area contributed by atoms with E-state index in [0.29, 0.717) is 51.4 Å². The number of hydrogen-bond donors (Lipinski definition) is 4. The molecule has 0 aromatic carbocycles. The maximum Gasteiger partial charge on any atom is 0.245 e. The average Bonchev–Trinajstić information content (AvgIpc) is 3.21. The van der Waals surface area contributed by atoms with E-state index >= 15 is 0 Å². The van der Waals surface area contributed by atoms with Crippen molar-refractivity contribution in [1.82, 2.24) is 40.9 Å². The van der Waals surface area contributed by atoms with Gasteiger partial charge in [-0.3, -0.25) is 38.4 Å². The summed E-state index contributed by atoms with van der Waals surface area (Å²) in [6.07, 6.45) is 10.4. The summed E-state index contributed by atoms with van der Waals surface area (Å²) in [5.74, 6) is -4.30. The Kier molecular flexibility index (Phi) is 24.7. The van der Waals surface area contributed by atoms with Crippen molar-refractivity contribution in [2.24, 2.45) is 0 Å². The zero-order valence-corrected chi connectivity index (χ0v) is 39.0. The number of rotatable bonds is 16. The van der Waals surface area contributed by atoms with Crippen LogP contribution in [0.3, 0.4) is 0 Å². The second-order valence-corrected chi connectivity index (χ2v) is 16.8. The molecule has 16 nitrogen and oxygen atoms in total. The maximum atomic E-state index is 14.0. The van der Waals surface area contributed by atoms with Gasteiger partial charge in [-0.05, 0) is 53.4 Å². The molecule has 1 aliphatic rings. The lowest BCUT2D eigenvalue weighted by Gasteiger charge is -2.35. The highest BCUT2D eigenvalue weighted by Crippen LogP contribution is 2.17. The molecule has 4 N–H and O–H groups in total. The van der Waals surface area contributed by atoms with Crippen molar-refractivity contribution in [1.29, 1.82) is 0 Å². The van der Waals surface area contributed by atoms with E-state index in [1.807, 2.05) is 27.7 Å². The number of likely N-dealkylation sites (N-methyl/N-ethyl adjacent to an activating group) is 4. The fraction of sp³-hybridized carbons (Fsp3) is 0.818. The first kappa shape index (κ1) is 53.8. The van der Waals surface area contributed by atoms with Gasteiger partial charge in [0.25, 0.3) is 0 Å². The van der Waals surface area contributed by atoms with Crippen LogP contribution in [-0.2, 0) is 38.4 Å². The van der Waals surface area contributed by atoms with E-state index in [-0.39, 0.29) is 0 Å². The summed E-state index contributed by atoms with van der Waals surface area (Å²) in [6, 6.07) is -8.18. The van der Waals surface area contributed by atoms with Crippen molar-refractivity contribution in [3.8, 4) is 0 Å². The Morgan fingerprint density at radius 1 is 0.333 bits per heavy atom. The van der Waals surface area contributed by atoms with Gasteiger partial charge in [-0.1, -0.05) is 105 Å². The molecule has 0 saturated carbocycles. The SMILES string of the molecule is CCCCC[C@H]1C(=O)N[C@H](C)C(=O)N(C)[C@@H](CCCCC)C(=O)N[C@H](C)C(=O)N(C)[C@@H](CCCCC)C(=O)N[C@H](C)C(=O)N(C)[C@@H](CCCCC)C(=O)N[C@H](C)C(=O)N1C. The number of hydrogen-bond acceptors (Lipinski definition) is 8. The smallest absolute Gasteiger partial charge is 0.245 e. The number of nitrogens with zero attached hydrogens (tertiary/aromatic N) is 4. The van der Waals surface area contributed by atoms with Crippen LogP contribution in [0.4, 0.5) is 0 Å². The minimum absolute atomic E-state index is 0.307. The van der Waals surface area contributed by atoms with E-state index in [0.717, 1.165) is 51.4 Å². The Hall–Kier alpha value is -4.24. The van der Waals surface area contributed by atoms with Gasteiger partial charge in [0.2, 0.25) is 47.3 Å². The van der Waals surface area contributed by atoms with E-state index in [9.17, 15) is 38.4 Å².